The first-order chi connectivity index (χ1) is 28.3. The number of anilines is 2. The molecule has 3 N–H and O–H groups in total. The smallest absolute Gasteiger partial charge is 0.223 e. The van der Waals surface area contributed by atoms with Crippen molar-refractivity contribution < 1.29 is 15.0 Å². The number of amides is 1. The van der Waals surface area contributed by atoms with Crippen LogP contribution in [0.15, 0.2) is 84.9 Å². The number of rotatable bonds is 7. The Labute approximate surface area is 340 Å². The summed E-state index contributed by atoms with van der Waals surface area (Å²) in [6.07, 6.45) is 4.42. The third-order valence-corrected chi connectivity index (χ3v) is 11.4. The zero-order valence-electron chi connectivity index (χ0n) is 33.6. The maximum Gasteiger partial charge on any atom is 0.223 e. The van der Waals surface area contributed by atoms with Crippen molar-refractivity contribution in [2.45, 2.75) is 39.5 Å². The largest absolute Gasteiger partial charge is 0.507 e. The van der Waals surface area contributed by atoms with Gasteiger partial charge in [-0.2, -0.15) is 0 Å². The van der Waals surface area contributed by atoms with Crippen LogP contribution in [0.4, 0.5) is 11.6 Å². The lowest BCUT2D eigenvalue weighted by Crippen LogP contribution is -2.49. The van der Waals surface area contributed by atoms with Gasteiger partial charge in [-0.15, -0.1) is 0 Å². The SMILES string of the molecule is Cc1ccc2c(N3CCN(C(=O)CCN4CCCCC4)CC3)nc(-c3ccccc3O)nc2c1.Cc1ccc2c(N3CCNCC3)nc(-c3ccccc3O)nc2c1. The van der Waals surface area contributed by atoms with E-state index in [1.165, 1.54) is 19.3 Å². The summed E-state index contributed by atoms with van der Waals surface area (Å²) < 4.78 is 0. The van der Waals surface area contributed by atoms with Crippen LogP contribution in [0.5, 0.6) is 11.5 Å². The molecule has 3 fully saturated rings. The number of carbonyl (C=O) groups excluding carboxylic acids is 1. The standard InChI is InChI=1S/C27H33N5O2.C19H20N4O/c1-20-9-10-21-23(19-20)28-26(22-7-3-4-8-24(22)33)29-27(21)32-17-15-31(16-18-32)25(34)11-14-30-12-5-2-6-13-30;1-13-6-7-14-16(12-13)21-18(15-4-2-3-5-17(15)24)22-19(14)23-10-8-20-9-11-23/h3-4,7-10,19,33H,2,5-6,11-18H2,1H3;2-7,12,20,24H,8-11H2,1H3. The van der Waals surface area contributed by atoms with Gasteiger partial charge in [0, 0.05) is 76.1 Å². The number of para-hydroxylation sites is 2. The fourth-order valence-corrected chi connectivity index (χ4v) is 8.13. The van der Waals surface area contributed by atoms with E-state index in [0.29, 0.717) is 42.3 Å². The lowest BCUT2D eigenvalue weighted by Gasteiger charge is -2.36. The van der Waals surface area contributed by atoms with Crippen LogP contribution in [0.25, 0.3) is 44.6 Å². The van der Waals surface area contributed by atoms with E-state index in [2.05, 4.69) is 70.3 Å². The molecule has 58 heavy (non-hydrogen) atoms. The first-order valence-electron chi connectivity index (χ1n) is 20.6. The number of phenols is 2. The van der Waals surface area contributed by atoms with E-state index in [1.54, 1.807) is 24.3 Å². The molecule has 0 radical (unpaired) electrons. The van der Waals surface area contributed by atoms with E-state index in [1.807, 2.05) is 29.2 Å². The van der Waals surface area contributed by atoms with Crippen LogP contribution in [-0.2, 0) is 4.79 Å². The van der Waals surface area contributed by atoms with Gasteiger partial charge in [-0.05, 0) is 99.4 Å². The Morgan fingerprint density at radius 3 is 1.62 bits per heavy atom. The highest BCUT2D eigenvalue weighted by Gasteiger charge is 2.25. The maximum absolute atomic E-state index is 12.8. The molecule has 5 heterocycles. The van der Waals surface area contributed by atoms with Gasteiger partial charge < -0.3 is 35.1 Å². The topological polar surface area (TPSA) is 134 Å². The molecule has 6 aromatic rings. The van der Waals surface area contributed by atoms with Gasteiger partial charge in [0.25, 0.3) is 0 Å². The number of aryl methyl sites for hydroxylation is 2. The van der Waals surface area contributed by atoms with Gasteiger partial charge in [-0.3, -0.25) is 4.79 Å². The number of fused-ring (bicyclic) bond motifs is 2. The van der Waals surface area contributed by atoms with E-state index in [0.717, 1.165) is 103 Å². The van der Waals surface area contributed by atoms with Crippen LogP contribution in [-0.4, -0.2) is 118 Å². The van der Waals surface area contributed by atoms with Gasteiger partial charge in [0.15, 0.2) is 11.6 Å². The molecule has 300 valence electrons. The normalized spacial score (nSPS) is 16.3. The van der Waals surface area contributed by atoms with Crippen LogP contribution in [0.1, 0.15) is 36.8 Å². The van der Waals surface area contributed by atoms with Crippen molar-refractivity contribution in [2.24, 2.45) is 0 Å². The second kappa shape index (κ2) is 17.7. The fraction of sp³-hybridized carbons (Fsp3) is 0.370. The van der Waals surface area contributed by atoms with Crippen molar-refractivity contribution in [1.29, 1.82) is 0 Å². The summed E-state index contributed by atoms with van der Waals surface area (Å²) >= 11 is 0. The summed E-state index contributed by atoms with van der Waals surface area (Å²) in [5.74, 6) is 3.53. The number of piperidine rings is 1. The molecule has 3 aliphatic heterocycles. The Hall–Kier alpha value is -5.85. The molecule has 3 aliphatic rings. The van der Waals surface area contributed by atoms with Gasteiger partial charge in [0.1, 0.15) is 23.1 Å². The molecule has 0 spiro atoms. The summed E-state index contributed by atoms with van der Waals surface area (Å²) in [4.78, 5) is 41.0. The Morgan fingerprint density at radius 2 is 1.10 bits per heavy atom. The van der Waals surface area contributed by atoms with Crippen molar-refractivity contribution in [1.82, 2.24) is 35.1 Å². The number of phenolic OH excluding ortho intramolecular Hbond substituents is 2. The first-order valence-corrected chi connectivity index (χ1v) is 20.6. The van der Waals surface area contributed by atoms with Crippen LogP contribution in [0, 0.1) is 13.8 Å². The molecular formula is C46H53N9O3. The summed E-state index contributed by atoms with van der Waals surface area (Å²) in [5.41, 5.74) is 5.36. The minimum Gasteiger partial charge on any atom is -0.507 e. The monoisotopic (exact) mass is 779 g/mol. The number of benzene rings is 4. The number of hydrogen-bond acceptors (Lipinski definition) is 11. The molecule has 9 rings (SSSR count). The Morgan fingerprint density at radius 1 is 0.603 bits per heavy atom. The zero-order chi connectivity index (χ0) is 40.0. The average molecular weight is 780 g/mol. The Bertz CT molecular complexity index is 2390. The van der Waals surface area contributed by atoms with Gasteiger partial charge in [0.05, 0.1) is 22.2 Å². The van der Waals surface area contributed by atoms with Crippen molar-refractivity contribution in [3.05, 3.63) is 96.1 Å². The molecule has 1 amide bonds. The Balaban J connectivity index is 0.000000172. The molecule has 4 aromatic carbocycles. The van der Waals surface area contributed by atoms with Gasteiger partial charge in [-0.1, -0.05) is 42.8 Å². The van der Waals surface area contributed by atoms with E-state index >= 15 is 0 Å². The number of piperazine rings is 2. The highest BCUT2D eigenvalue weighted by molar-refractivity contribution is 5.93. The molecular weight excluding hydrogens is 727 g/mol. The van der Waals surface area contributed by atoms with E-state index in [4.69, 9.17) is 19.9 Å². The second-order valence-electron chi connectivity index (χ2n) is 15.6. The van der Waals surface area contributed by atoms with Gasteiger partial charge in [0.2, 0.25) is 5.91 Å². The van der Waals surface area contributed by atoms with Crippen LogP contribution < -0.4 is 15.1 Å². The van der Waals surface area contributed by atoms with Gasteiger partial charge in [-0.25, -0.2) is 19.9 Å². The van der Waals surface area contributed by atoms with Crippen LogP contribution in [0.2, 0.25) is 0 Å². The summed E-state index contributed by atoms with van der Waals surface area (Å²) in [6.45, 7) is 13.8. The lowest BCUT2D eigenvalue weighted by atomic mass is 10.1. The number of aromatic hydroxyl groups is 2. The number of nitrogens with zero attached hydrogens (tertiary/aromatic N) is 8. The summed E-state index contributed by atoms with van der Waals surface area (Å²) in [6, 6.07) is 26.9. The number of nitrogens with one attached hydrogen (secondary N) is 1. The minimum atomic E-state index is 0.171. The number of likely N-dealkylation sites (tertiary alicyclic amines) is 1. The summed E-state index contributed by atoms with van der Waals surface area (Å²) in [5, 5.41) is 26.0. The second-order valence-corrected chi connectivity index (χ2v) is 15.6. The first kappa shape index (κ1) is 39.0. The highest BCUT2D eigenvalue weighted by Crippen LogP contribution is 2.34. The number of carbonyl (C=O) groups is 1. The minimum absolute atomic E-state index is 0.171. The van der Waals surface area contributed by atoms with E-state index in [-0.39, 0.29) is 17.4 Å². The fourth-order valence-electron chi connectivity index (χ4n) is 8.13. The molecule has 0 aliphatic carbocycles. The molecule has 0 saturated carbocycles. The van der Waals surface area contributed by atoms with Crippen molar-refractivity contribution in [3.63, 3.8) is 0 Å². The average Bonchev–Trinajstić information content (AvgIpc) is 3.26. The molecule has 3 saturated heterocycles. The predicted octanol–water partition coefficient (Wildman–Crippen LogP) is 6.56. The third kappa shape index (κ3) is 8.83. The van der Waals surface area contributed by atoms with E-state index in [9.17, 15) is 15.0 Å². The molecule has 0 unspecified atom stereocenters. The van der Waals surface area contributed by atoms with Crippen LogP contribution >= 0.6 is 0 Å². The molecule has 0 bridgehead atoms. The number of aromatic nitrogens is 4. The van der Waals surface area contributed by atoms with E-state index < -0.39 is 0 Å². The Kier molecular flexibility index (Phi) is 11.9. The molecule has 0 atom stereocenters. The molecule has 12 heteroatoms. The van der Waals surface area contributed by atoms with Crippen molar-refractivity contribution in [2.75, 3.05) is 81.8 Å². The summed E-state index contributed by atoms with van der Waals surface area (Å²) in [7, 11) is 0. The third-order valence-electron chi connectivity index (χ3n) is 11.4. The highest BCUT2D eigenvalue weighted by atomic mass is 16.3. The predicted molar refractivity (Wildman–Crippen MR) is 232 cm³/mol. The van der Waals surface area contributed by atoms with Crippen molar-refractivity contribution in [3.8, 4) is 34.3 Å². The van der Waals surface area contributed by atoms with Gasteiger partial charge >= 0.3 is 0 Å². The lowest BCUT2D eigenvalue weighted by molar-refractivity contribution is -0.131. The maximum atomic E-state index is 12.8. The molecule has 12 nitrogen and oxygen atoms in total. The number of hydrogen-bond donors (Lipinski definition) is 3. The zero-order valence-corrected chi connectivity index (χ0v) is 33.6. The van der Waals surface area contributed by atoms with Crippen molar-refractivity contribution >= 4 is 39.3 Å². The molecule has 2 aromatic heterocycles. The van der Waals surface area contributed by atoms with Crippen LogP contribution in [0.3, 0.4) is 0 Å². The quantitative estimate of drug-likeness (QED) is 0.163.